The maximum absolute atomic E-state index is 12.6. The number of hydrogen-bond acceptors (Lipinski definition) is 4. The van der Waals surface area contributed by atoms with Gasteiger partial charge in [-0.05, 0) is 55.8 Å². The summed E-state index contributed by atoms with van der Waals surface area (Å²) in [6.07, 6.45) is 3.27. The van der Waals surface area contributed by atoms with E-state index in [1.807, 2.05) is 12.1 Å². The first kappa shape index (κ1) is 21.4. The molecule has 0 saturated heterocycles. The number of halogens is 2. The van der Waals surface area contributed by atoms with Crippen molar-refractivity contribution in [3.05, 3.63) is 62.5 Å². The number of benzene rings is 2. The number of aromatic nitrogens is 2. The minimum absolute atomic E-state index is 0.264. The summed E-state index contributed by atoms with van der Waals surface area (Å²) in [5.74, 6) is 0. The molecule has 0 aliphatic heterocycles. The summed E-state index contributed by atoms with van der Waals surface area (Å²) < 4.78 is 0.994. The molecule has 1 amide bonds. The fraction of sp³-hybridized carbons (Fsp3) is 0.300. The van der Waals surface area contributed by atoms with Gasteiger partial charge in [0.15, 0.2) is 0 Å². The smallest absolute Gasteiger partial charge is 0.330 e. The number of nitrogens with two attached hydrogens (primary N) is 1. The number of hydrogen-bond donors (Lipinski definition) is 4. The highest BCUT2D eigenvalue weighted by molar-refractivity contribution is 6.42. The molecule has 7 nitrogen and oxygen atoms in total. The van der Waals surface area contributed by atoms with Crippen molar-refractivity contribution in [2.75, 3.05) is 18.4 Å². The van der Waals surface area contributed by atoms with Crippen molar-refractivity contribution in [1.29, 1.82) is 0 Å². The van der Waals surface area contributed by atoms with E-state index in [0.717, 1.165) is 49.0 Å². The van der Waals surface area contributed by atoms with Crippen molar-refractivity contribution in [2.45, 2.75) is 25.8 Å². The molecule has 0 saturated carbocycles. The Morgan fingerprint density at radius 3 is 2.52 bits per heavy atom. The summed E-state index contributed by atoms with van der Waals surface area (Å²) in [6, 6.07) is 9.88. The van der Waals surface area contributed by atoms with Crippen LogP contribution < -0.4 is 22.1 Å². The number of H-pyrrole nitrogens is 1. The lowest BCUT2D eigenvalue weighted by atomic mass is 10.2. The van der Waals surface area contributed by atoms with Crippen LogP contribution in [0.15, 0.2) is 41.2 Å². The van der Waals surface area contributed by atoms with Crippen LogP contribution in [0.3, 0.4) is 0 Å². The molecule has 0 spiro atoms. The van der Waals surface area contributed by atoms with E-state index in [0.29, 0.717) is 21.7 Å². The Labute approximate surface area is 178 Å². The number of carbonyl (C=O) groups excluding carboxylic acids is 1. The van der Waals surface area contributed by atoms with Crippen LogP contribution in [-0.2, 0) is 6.54 Å². The first-order valence-corrected chi connectivity index (χ1v) is 10.2. The molecule has 0 atom stereocenters. The Kier molecular flexibility index (Phi) is 7.33. The van der Waals surface area contributed by atoms with E-state index < -0.39 is 11.7 Å². The van der Waals surface area contributed by atoms with Gasteiger partial charge in [-0.25, -0.2) is 14.2 Å². The zero-order valence-electron chi connectivity index (χ0n) is 15.8. The third-order valence-corrected chi connectivity index (χ3v) is 5.24. The lowest BCUT2D eigenvalue weighted by molar-refractivity contribution is 0.253. The number of nitrogens with one attached hydrogen (secondary N) is 3. The predicted octanol–water partition coefficient (Wildman–Crippen LogP) is 3.94. The number of carbonyl (C=O) groups is 1. The fourth-order valence-electron chi connectivity index (χ4n) is 2.99. The summed E-state index contributed by atoms with van der Waals surface area (Å²) >= 11 is 12.0. The molecular weight excluding hydrogens is 413 g/mol. The van der Waals surface area contributed by atoms with E-state index in [4.69, 9.17) is 28.9 Å². The second kappa shape index (κ2) is 9.93. The Morgan fingerprint density at radius 2 is 1.79 bits per heavy atom. The maximum Gasteiger partial charge on any atom is 0.334 e. The van der Waals surface area contributed by atoms with Crippen LogP contribution in [0.4, 0.5) is 10.5 Å². The van der Waals surface area contributed by atoms with E-state index in [1.54, 1.807) is 12.1 Å². The summed E-state index contributed by atoms with van der Waals surface area (Å²) in [4.78, 5) is 27.4. The van der Waals surface area contributed by atoms with Crippen molar-refractivity contribution in [2.24, 2.45) is 5.73 Å². The molecule has 29 heavy (non-hydrogen) atoms. The molecule has 0 fully saturated rings. The number of nitrogens with zero attached hydrogens (tertiary/aromatic N) is 1. The number of aromatic amines is 1. The minimum atomic E-state index is -0.578. The van der Waals surface area contributed by atoms with E-state index in [9.17, 15) is 9.59 Å². The van der Waals surface area contributed by atoms with Gasteiger partial charge < -0.3 is 21.4 Å². The average Bonchev–Trinajstić information content (AvgIpc) is 3.01. The lowest BCUT2D eigenvalue weighted by Crippen LogP contribution is -2.29. The molecule has 1 aromatic heterocycles. The molecule has 154 valence electrons. The normalized spacial score (nSPS) is 11.1. The number of imidazole rings is 1. The molecule has 0 radical (unpaired) electrons. The minimum Gasteiger partial charge on any atom is -0.330 e. The summed E-state index contributed by atoms with van der Waals surface area (Å²) in [7, 11) is 0. The van der Waals surface area contributed by atoms with Crippen molar-refractivity contribution in [3.63, 3.8) is 0 Å². The van der Waals surface area contributed by atoms with Crippen molar-refractivity contribution < 1.29 is 4.79 Å². The van der Waals surface area contributed by atoms with Crippen LogP contribution in [0.5, 0.6) is 0 Å². The zero-order valence-corrected chi connectivity index (χ0v) is 17.3. The largest absolute Gasteiger partial charge is 0.334 e. The summed E-state index contributed by atoms with van der Waals surface area (Å²) in [6.45, 7) is 2.42. The Morgan fingerprint density at radius 1 is 1.07 bits per heavy atom. The highest BCUT2D eigenvalue weighted by Crippen LogP contribution is 2.26. The van der Waals surface area contributed by atoms with Crippen molar-refractivity contribution >= 4 is 46.0 Å². The SMILES string of the molecule is NCCCCCNCc1ccc(NC(=O)n2c(=O)[nH]c3cc(Cl)c(Cl)cc32)cc1. The molecule has 1 heterocycles. The van der Waals surface area contributed by atoms with E-state index in [1.165, 1.54) is 12.1 Å². The van der Waals surface area contributed by atoms with Crippen LogP contribution in [0.1, 0.15) is 24.8 Å². The van der Waals surface area contributed by atoms with Gasteiger partial charge in [0.05, 0.1) is 21.1 Å². The van der Waals surface area contributed by atoms with Crippen LogP contribution in [0.2, 0.25) is 10.0 Å². The Bertz CT molecular complexity index is 1040. The predicted molar refractivity (Wildman–Crippen MR) is 118 cm³/mol. The monoisotopic (exact) mass is 435 g/mol. The van der Waals surface area contributed by atoms with Gasteiger partial charge in [-0.15, -0.1) is 0 Å². The number of unbranched alkanes of at least 4 members (excludes halogenated alkanes) is 2. The Hall–Kier alpha value is -2.32. The van der Waals surface area contributed by atoms with Gasteiger partial charge in [0.1, 0.15) is 0 Å². The van der Waals surface area contributed by atoms with Gasteiger partial charge in [0.25, 0.3) is 0 Å². The molecular formula is C20H23Cl2N5O2. The highest BCUT2D eigenvalue weighted by Gasteiger charge is 2.16. The highest BCUT2D eigenvalue weighted by atomic mass is 35.5. The van der Waals surface area contributed by atoms with Crippen molar-refractivity contribution in [1.82, 2.24) is 14.9 Å². The van der Waals surface area contributed by atoms with Crippen LogP contribution >= 0.6 is 23.2 Å². The molecule has 9 heteroatoms. The summed E-state index contributed by atoms with van der Waals surface area (Å²) in [5, 5.41) is 6.67. The maximum atomic E-state index is 12.6. The fourth-order valence-corrected chi connectivity index (χ4v) is 3.31. The van der Waals surface area contributed by atoms with E-state index in [2.05, 4.69) is 15.6 Å². The van der Waals surface area contributed by atoms with Crippen LogP contribution in [-0.4, -0.2) is 28.7 Å². The van der Waals surface area contributed by atoms with Gasteiger partial charge >= 0.3 is 11.7 Å². The first-order valence-electron chi connectivity index (χ1n) is 9.40. The van der Waals surface area contributed by atoms with Gasteiger partial charge in [-0.2, -0.15) is 0 Å². The second-order valence-corrected chi connectivity index (χ2v) is 7.52. The van der Waals surface area contributed by atoms with E-state index in [-0.39, 0.29) is 5.02 Å². The molecule has 0 bridgehead atoms. The topological polar surface area (TPSA) is 105 Å². The number of anilines is 1. The first-order chi connectivity index (χ1) is 14.0. The number of fused-ring (bicyclic) bond motifs is 1. The lowest BCUT2D eigenvalue weighted by Gasteiger charge is -2.08. The second-order valence-electron chi connectivity index (χ2n) is 6.70. The molecule has 0 unspecified atom stereocenters. The summed E-state index contributed by atoms with van der Waals surface area (Å²) in [5.41, 5.74) is 7.40. The average molecular weight is 436 g/mol. The van der Waals surface area contributed by atoms with Crippen LogP contribution in [0, 0.1) is 0 Å². The molecule has 5 N–H and O–H groups in total. The van der Waals surface area contributed by atoms with E-state index >= 15 is 0 Å². The zero-order chi connectivity index (χ0) is 20.8. The standard InChI is InChI=1S/C20H23Cl2N5O2/c21-15-10-17-18(11-16(15)22)27(20(29)26-17)19(28)25-14-6-4-13(5-7-14)12-24-9-3-1-2-8-23/h4-7,10-11,24H,1-3,8-9,12,23H2,(H,25,28)(H,26,29). The van der Waals surface area contributed by atoms with Gasteiger partial charge in [0.2, 0.25) is 0 Å². The quantitative estimate of drug-likeness (QED) is 0.402. The third kappa shape index (κ3) is 5.39. The van der Waals surface area contributed by atoms with Crippen molar-refractivity contribution in [3.8, 4) is 0 Å². The molecule has 3 aromatic rings. The number of amides is 1. The molecule has 0 aliphatic carbocycles. The molecule has 3 rings (SSSR count). The molecule has 0 aliphatic rings. The Balaban J connectivity index is 1.63. The van der Waals surface area contributed by atoms with Gasteiger partial charge in [0, 0.05) is 12.2 Å². The number of rotatable bonds is 8. The third-order valence-electron chi connectivity index (χ3n) is 4.52. The van der Waals surface area contributed by atoms with Crippen LogP contribution in [0.25, 0.3) is 11.0 Å². The van der Waals surface area contributed by atoms with Gasteiger partial charge in [-0.1, -0.05) is 41.8 Å². The van der Waals surface area contributed by atoms with Gasteiger partial charge in [-0.3, -0.25) is 0 Å². The molecule has 2 aromatic carbocycles.